The number of nitrogens with zero attached hydrogens (tertiary/aromatic N) is 2. The highest BCUT2D eigenvalue weighted by Crippen LogP contribution is 2.27. The largest absolute Gasteiger partial charge is 0.493 e. The quantitative estimate of drug-likeness (QED) is 0.767. The molecule has 2 aromatic rings. The zero-order chi connectivity index (χ0) is 13.7. The fraction of sp³-hybridized carbons (Fsp3) is 0.214. The van der Waals surface area contributed by atoms with E-state index >= 15 is 0 Å². The molecule has 1 heterocycles. The van der Waals surface area contributed by atoms with Crippen LogP contribution >= 0.6 is 0 Å². The van der Waals surface area contributed by atoms with Gasteiger partial charge < -0.3 is 9.47 Å². The molecule has 1 aromatic heterocycles. The normalized spacial score (nSPS) is 10.0. The SMILES string of the molecule is COc1ccc(C(=O)Cc2ccncn2)cc1OC. The summed E-state index contributed by atoms with van der Waals surface area (Å²) < 4.78 is 10.3. The van der Waals surface area contributed by atoms with Gasteiger partial charge in [-0.3, -0.25) is 4.79 Å². The number of Topliss-reactive ketones (excluding diaryl/α,β-unsaturated/α-hetero) is 1. The summed E-state index contributed by atoms with van der Waals surface area (Å²) in [6.45, 7) is 0. The number of rotatable bonds is 5. The van der Waals surface area contributed by atoms with Gasteiger partial charge in [-0.05, 0) is 24.3 Å². The Morgan fingerprint density at radius 2 is 1.95 bits per heavy atom. The summed E-state index contributed by atoms with van der Waals surface area (Å²) in [5.41, 5.74) is 1.26. The minimum absolute atomic E-state index is 0.0281. The van der Waals surface area contributed by atoms with Crippen LogP contribution in [0.5, 0.6) is 11.5 Å². The van der Waals surface area contributed by atoms with Crippen LogP contribution in [-0.2, 0) is 6.42 Å². The second-order valence-electron chi connectivity index (χ2n) is 3.87. The van der Waals surface area contributed by atoms with Crippen molar-refractivity contribution < 1.29 is 14.3 Å². The molecule has 0 aliphatic rings. The van der Waals surface area contributed by atoms with Gasteiger partial charge in [0.05, 0.1) is 26.3 Å². The van der Waals surface area contributed by atoms with Gasteiger partial charge in [-0.1, -0.05) is 0 Å². The highest BCUT2D eigenvalue weighted by atomic mass is 16.5. The van der Waals surface area contributed by atoms with Crippen molar-refractivity contribution in [2.45, 2.75) is 6.42 Å². The third-order valence-electron chi connectivity index (χ3n) is 2.69. The van der Waals surface area contributed by atoms with E-state index in [9.17, 15) is 4.79 Å². The van der Waals surface area contributed by atoms with Gasteiger partial charge in [-0.2, -0.15) is 0 Å². The summed E-state index contributed by atoms with van der Waals surface area (Å²) in [7, 11) is 3.09. The van der Waals surface area contributed by atoms with Crippen LogP contribution in [0.15, 0.2) is 36.8 Å². The minimum atomic E-state index is -0.0281. The maximum Gasteiger partial charge on any atom is 0.168 e. The zero-order valence-corrected chi connectivity index (χ0v) is 10.8. The molecule has 0 bridgehead atoms. The second-order valence-corrected chi connectivity index (χ2v) is 3.87. The molecule has 0 aliphatic heterocycles. The lowest BCUT2D eigenvalue weighted by Gasteiger charge is -2.08. The lowest BCUT2D eigenvalue weighted by molar-refractivity contribution is 0.0991. The van der Waals surface area contributed by atoms with E-state index in [1.807, 2.05) is 0 Å². The smallest absolute Gasteiger partial charge is 0.168 e. The van der Waals surface area contributed by atoms with Crippen LogP contribution in [0.25, 0.3) is 0 Å². The number of aromatic nitrogens is 2. The molecule has 0 radical (unpaired) electrons. The molecule has 19 heavy (non-hydrogen) atoms. The topological polar surface area (TPSA) is 61.3 Å². The van der Waals surface area contributed by atoms with E-state index in [1.165, 1.54) is 13.4 Å². The first kappa shape index (κ1) is 13.0. The van der Waals surface area contributed by atoms with Crippen molar-refractivity contribution in [3.8, 4) is 11.5 Å². The lowest BCUT2D eigenvalue weighted by atomic mass is 10.1. The van der Waals surface area contributed by atoms with E-state index in [2.05, 4.69) is 9.97 Å². The molecule has 0 aliphatic carbocycles. The third-order valence-corrected chi connectivity index (χ3v) is 2.69. The van der Waals surface area contributed by atoms with Crippen LogP contribution in [-0.4, -0.2) is 30.0 Å². The van der Waals surface area contributed by atoms with Gasteiger partial charge in [-0.15, -0.1) is 0 Å². The molecule has 0 fully saturated rings. The van der Waals surface area contributed by atoms with Crippen molar-refractivity contribution in [1.29, 1.82) is 0 Å². The summed E-state index contributed by atoms with van der Waals surface area (Å²) in [6, 6.07) is 6.82. The number of benzene rings is 1. The maximum atomic E-state index is 12.1. The first-order valence-corrected chi connectivity index (χ1v) is 5.74. The number of hydrogen-bond acceptors (Lipinski definition) is 5. The van der Waals surface area contributed by atoms with Gasteiger partial charge in [0.1, 0.15) is 6.33 Å². The van der Waals surface area contributed by atoms with Gasteiger partial charge in [0, 0.05) is 11.8 Å². The van der Waals surface area contributed by atoms with E-state index in [4.69, 9.17) is 9.47 Å². The molecule has 0 unspecified atom stereocenters. The Kier molecular flexibility index (Phi) is 4.07. The van der Waals surface area contributed by atoms with E-state index in [1.54, 1.807) is 37.6 Å². The average Bonchev–Trinajstić information content (AvgIpc) is 2.47. The standard InChI is InChI=1S/C14H14N2O3/c1-18-13-4-3-10(7-14(13)19-2)12(17)8-11-5-6-15-9-16-11/h3-7,9H,8H2,1-2H3. The predicted molar refractivity (Wildman–Crippen MR) is 69.6 cm³/mol. The molecule has 98 valence electrons. The van der Waals surface area contributed by atoms with E-state index < -0.39 is 0 Å². The van der Waals surface area contributed by atoms with Gasteiger partial charge in [-0.25, -0.2) is 9.97 Å². The lowest BCUT2D eigenvalue weighted by Crippen LogP contribution is -2.05. The van der Waals surface area contributed by atoms with E-state index in [-0.39, 0.29) is 12.2 Å². The molecular weight excluding hydrogens is 244 g/mol. The summed E-state index contributed by atoms with van der Waals surface area (Å²) in [4.78, 5) is 20.0. The Labute approximate surface area is 111 Å². The fourth-order valence-corrected chi connectivity index (χ4v) is 1.70. The number of hydrogen-bond donors (Lipinski definition) is 0. The molecule has 0 spiro atoms. The number of methoxy groups -OCH3 is 2. The fourth-order valence-electron chi connectivity index (χ4n) is 1.70. The number of carbonyl (C=O) groups is 1. The Hall–Kier alpha value is -2.43. The molecule has 0 saturated heterocycles. The van der Waals surface area contributed by atoms with Crippen molar-refractivity contribution in [3.05, 3.63) is 48.0 Å². The molecule has 1 aromatic carbocycles. The third kappa shape index (κ3) is 3.07. The predicted octanol–water partition coefficient (Wildman–Crippen LogP) is 1.92. The van der Waals surface area contributed by atoms with Crippen LogP contribution in [0.4, 0.5) is 0 Å². The Bertz CT molecular complexity index is 570. The van der Waals surface area contributed by atoms with Crippen LogP contribution in [0.1, 0.15) is 16.1 Å². The number of carbonyl (C=O) groups excluding carboxylic acids is 1. The van der Waals surface area contributed by atoms with Gasteiger partial charge in [0.15, 0.2) is 17.3 Å². The number of ketones is 1. The molecule has 0 amide bonds. The molecule has 5 heteroatoms. The first-order chi connectivity index (χ1) is 9.24. The summed E-state index contributed by atoms with van der Waals surface area (Å²) in [6.07, 6.45) is 3.28. The summed E-state index contributed by atoms with van der Waals surface area (Å²) in [5, 5.41) is 0. The zero-order valence-electron chi connectivity index (χ0n) is 10.8. The van der Waals surface area contributed by atoms with Gasteiger partial charge in [0.2, 0.25) is 0 Å². The Morgan fingerprint density at radius 3 is 2.58 bits per heavy atom. The van der Waals surface area contributed by atoms with Crippen LogP contribution < -0.4 is 9.47 Å². The molecular formula is C14H14N2O3. The van der Waals surface area contributed by atoms with Crippen molar-refractivity contribution >= 4 is 5.78 Å². The monoisotopic (exact) mass is 258 g/mol. The van der Waals surface area contributed by atoms with Crippen molar-refractivity contribution in [1.82, 2.24) is 9.97 Å². The maximum absolute atomic E-state index is 12.1. The van der Waals surface area contributed by atoms with Crippen LogP contribution in [0, 0.1) is 0 Å². The van der Waals surface area contributed by atoms with Gasteiger partial charge >= 0.3 is 0 Å². The first-order valence-electron chi connectivity index (χ1n) is 5.74. The van der Waals surface area contributed by atoms with E-state index in [0.29, 0.717) is 22.8 Å². The van der Waals surface area contributed by atoms with Crippen molar-refractivity contribution in [3.63, 3.8) is 0 Å². The second kappa shape index (κ2) is 5.95. The molecule has 5 nitrogen and oxygen atoms in total. The van der Waals surface area contributed by atoms with Crippen LogP contribution in [0.2, 0.25) is 0 Å². The van der Waals surface area contributed by atoms with E-state index in [0.717, 1.165) is 0 Å². The number of ether oxygens (including phenoxy) is 2. The highest BCUT2D eigenvalue weighted by molar-refractivity contribution is 5.97. The molecule has 2 rings (SSSR count). The van der Waals surface area contributed by atoms with Gasteiger partial charge in [0.25, 0.3) is 0 Å². The Balaban J connectivity index is 2.20. The molecule has 0 atom stereocenters. The Morgan fingerprint density at radius 1 is 1.16 bits per heavy atom. The molecule has 0 N–H and O–H groups in total. The summed E-state index contributed by atoms with van der Waals surface area (Å²) >= 11 is 0. The average molecular weight is 258 g/mol. The highest BCUT2D eigenvalue weighted by Gasteiger charge is 2.11. The van der Waals surface area contributed by atoms with Crippen molar-refractivity contribution in [2.75, 3.05) is 14.2 Å². The molecule has 0 saturated carbocycles. The van der Waals surface area contributed by atoms with Crippen molar-refractivity contribution in [2.24, 2.45) is 0 Å². The van der Waals surface area contributed by atoms with Crippen LogP contribution in [0.3, 0.4) is 0 Å². The summed E-state index contributed by atoms with van der Waals surface area (Å²) in [5.74, 6) is 1.11. The minimum Gasteiger partial charge on any atom is -0.493 e.